The average molecular weight is 327 g/mol. The summed E-state index contributed by atoms with van der Waals surface area (Å²) in [5, 5.41) is 7.28. The Morgan fingerprint density at radius 3 is 1.91 bits per heavy atom. The van der Waals surface area contributed by atoms with E-state index in [4.69, 9.17) is 12.2 Å². The highest BCUT2D eigenvalue weighted by atomic mass is 32.1. The lowest BCUT2D eigenvalue weighted by molar-refractivity contribution is 0.721. The molecule has 0 radical (unpaired) electrons. The fourth-order valence-electron chi connectivity index (χ4n) is 2.66. The number of thiocarbonyl (C=S) groups is 1. The highest BCUT2D eigenvalue weighted by Gasteiger charge is 2.08. The molecule has 0 saturated heterocycles. The van der Waals surface area contributed by atoms with Gasteiger partial charge in [0, 0.05) is 5.69 Å². The van der Waals surface area contributed by atoms with E-state index in [1.165, 1.54) is 22.3 Å². The summed E-state index contributed by atoms with van der Waals surface area (Å²) in [5.74, 6) is 0.555. The Morgan fingerprint density at radius 2 is 1.39 bits per heavy atom. The van der Waals surface area contributed by atoms with Gasteiger partial charge in [-0.05, 0) is 73.3 Å². The second kappa shape index (κ2) is 7.60. The van der Waals surface area contributed by atoms with Crippen LogP contribution >= 0.6 is 12.2 Å². The Hall–Kier alpha value is -1.87. The van der Waals surface area contributed by atoms with Crippen LogP contribution in [0, 0.1) is 13.8 Å². The van der Waals surface area contributed by atoms with E-state index in [2.05, 4.69) is 87.7 Å². The molecule has 2 N–H and O–H groups in total. The summed E-state index contributed by atoms with van der Waals surface area (Å²) in [5.41, 5.74) is 6.08. The first-order valence-electron chi connectivity index (χ1n) is 8.11. The van der Waals surface area contributed by atoms with Crippen molar-refractivity contribution in [3.8, 4) is 0 Å². The molecule has 2 rings (SSSR count). The molecular formula is C20H26N2S. The standard InChI is InChI=1S/C20H26N2S/c1-13(2)17-6-8-18(9-7-17)16(5)21-20(23)22-19-11-14(3)10-15(4)12-19/h6-13,16H,1-5H3,(H2,21,22,23). The number of nitrogens with one attached hydrogen (secondary N) is 2. The predicted octanol–water partition coefficient (Wildman–Crippen LogP) is 5.47. The predicted molar refractivity (Wildman–Crippen MR) is 104 cm³/mol. The lowest BCUT2D eigenvalue weighted by Crippen LogP contribution is -2.30. The molecule has 3 heteroatoms. The van der Waals surface area contributed by atoms with Crippen LogP contribution < -0.4 is 10.6 Å². The van der Waals surface area contributed by atoms with Crippen LogP contribution in [0.15, 0.2) is 42.5 Å². The third-order valence-corrected chi connectivity index (χ3v) is 4.15. The third-order valence-electron chi connectivity index (χ3n) is 3.93. The molecule has 0 aliphatic carbocycles. The van der Waals surface area contributed by atoms with Crippen LogP contribution in [0.25, 0.3) is 0 Å². The number of benzene rings is 2. The molecule has 0 aliphatic rings. The van der Waals surface area contributed by atoms with Crippen molar-refractivity contribution >= 4 is 23.0 Å². The van der Waals surface area contributed by atoms with Gasteiger partial charge in [0.15, 0.2) is 5.11 Å². The minimum absolute atomic E-state index is 0.169. The maximum Gasteiger partial charge on any atom is 0.171 e. The molecule has 0 bridgehead atoms. The van der Waals surface area contributed by atoms with Crippen LogP contribution in [-0.4, -0.2) is 5.11 Å². The lowest BCUT2D eigenvalue weighted by Gasteiger charge is -2.18. The van der Waals surface area contributed by atoms with Crippen LogP contribution in [-0.2, 0) is 0 Å². The van der Waals surface area contributed by atoms with E-state index in [1.807, 2.05) is 0 Å². The largest absolute Gasteiger partial charge is 0.356 e. The van der Waals surface area contributed by atoms with Crippen molar-refractivity contribution in [2.24, 2.45) is 0 Å². The second-order valence-corrected chi connectivity index (χ2v) is 6.93. The molecule has 0 saturated carbocycles. The van der Waals surface area contributed by atoms with Crippen molar-refractivity contribution in [3.05, 3.63) is 64.7 Å². The summed E-state index contributed by atoms with van der Waals surface area (Å²) < 4.78 is 0. The van der Waals surface area contributed by atoms with Crippen molar-refractivity contribution in [2.75, 3.05) is 5.32 Å². The Morgan fingerprint density at radius 1 is 0.870 bits per heavy atom. The smallest absolute Gasteiger partial charge is 0.171 e. The summed E-state index contributed by atoms with van der Waals surface area (Å²) in [4.78, 5) is 0. The monoisotopic (exact) mass is 326 g/mol. The lowest BCUT2D eigenvalue weighted by atomic mass is 10.00. The first-order chi connectivity index (χ1) is 10.8. The van der Waals surface area contributed by atoms with Crippen LogP contribution in [0.5, 0.6) is 0 Å². The molecule has 0 heterocycles. The van der Waals surface area contributed by atoms with Gasteiger partial charge in [0.1, 0.15) is 0 Å². The van der Waals surface area contributed by atoms with Gasteiger partial charge in [0.05, 0.1) is 6.04 Å². The van der Waals surface area contributed by atoms with Crippen LogP contribution in [0.2, 0.25) is 0 Å². The molecule has 0 aliphatic heterocycles. The molecule has 2 aromatic carbocycles. The first kappa shape index (κ1) is 17.5. The number of hydrogen-bond acceptors (Lipinski definition) is 1. The van der Waals surface area contributed by atoms with Gasteiger partial charge in [-0.1, -0.05) is 44.2 Å². The molecule has 0 spiro atoms. The van der Waals surface area contributed by atoms with Crippen molar-refractivity contribution in [1.82, 2.24) is 5.32 Å². The van der Waals surface area contributed by atoms with Crippen molar-refractivity contribution in [3.63, 3.8) is 0 Å². The molecule has 0 amide bonds. The fraction of sp³-hybridized carbons (Fsp3) is 0.350. The molecule has 2 aromatic rings. The first-order valence-corrected chi connectivity index (χ1v) is 8.51. The highest BCUT2D eigenvalue weighted by molar-refractivity contribution is 7.80. The van der Waals surface area contributed by atoms with E-state index >= 15 is 0 Å². The average Bonchev–Trinajstić information content (AvgIpc) is 2.45. The van der Waals surface area contributed by atoms with Gasteiger partial charge in [-0.2, -0.15) is 0 Å². The maximum absolute atomic E-state index is 5.44. The van der Waals surface area contributed by atoms with Gasteiger partial charge in [0.25, 0.3) is 0 Å². The number of aryl methyl sites for hydroxylation is 2. The summed E-state index contributed by atoms with van der Waals surface area (Å²) in [6.07, 6.45) is 0. The molecule has 0 aromatic heterocycles. The Kier molecular flexibility index (Phi) is 5.78. The zero-order chi connectivity index (χ0) is 17.0. The normalized spacial score (nSPS) is 12.1. The zero-order valence-electron chi connectivity index (χ0n) is 14.6. The Bertz CT molecular complexity index is 654. The van der Waals surface area contributed by atoms with Crippen molar-refractivity contribution in [2.45, 2.75) is 46.6 Å². The number of anilines is 1. The third kappa shape index (κ3) is 5.07. The minimum atomic E-state index is 0.169. The van der Waals surface area contributed by atoms with E-state index in [0.717, 1.165) is 5.69 Å². The molecule has 122 valence electrons. The van der Waals surface area contributed by atoms with Gasteiger partial charge in [-0.25, -0.2) is 0 Å². The van der Waals surface area contributed by atoms with Gasteiger partial charge >= 0.3 is 0 Å². The molecule has 23 heavy (non-hydrogen) atoms. The number of hydrogen-bond donors (Lipinski definition) is 2. The molecule has 0 fully saturated rings. The van der Waals surface area contributed by atoms with E-state index in [1.54, 1.807) is 0 Å². The minimum Gasteiger partial charge on any atom is -0.356 e. The van der Waals surface area contributed by atoms with Crippen LogP contribution in [0.4, 0.5) is 5.69 Å². The van der Waals surface area contributed by atoms with Gasteiger partial charge in [-0.15, -0.1) is 0 Å². The second-order valence-electron chi connectivity index (χ2n) is 6.52. The van der Waals surface area contributed by atoms with Crippen molar-refractivity contribution < 1.29 is 0 Å². The van der Waals surface area contributed by atoms with Crippen LogP contribution in [0.1, 0.15) is 55.0 Å². The van der Waals surface area contributed by atoms with Gasteiger partial charge < -0.3 is 10.6 Å². The molecular weight excluding hydrogens is 300 g/mol. The fourth-order valence-corrected chi connectivity index (χ4v) is 2.96. The maximum atomic E-state index is 5.44. The highest BCUT2D eigenvalue weighted by Crippen LogP contribution is 2.19. The van der Waals surface area contributed by atoms with E-state index in [0.29, 0.717) is 11.0 Å². The Balaban J connectivity index is 1.98. The SMILES string of the molecule is Cc1cc(C)cc(NC(=S)NC(C)c2ccc(C(C)C)cc2)c1. The summed E-state index contributed by atoms with van der Waals surface area (Å²) in [7, 11) is 0. The number of rotatable bonds is 4. The molecule has 2 nitrogen and oxygen atoms in total. The van der Waals surface area contributed by atoms with Gasteiger partial charge in [0.2, 0.25) is 0 Å². The zero-order valence-corrected chi connectivity index (χ0v) is 15.4. The van der Waals surface area contributed by atoms with E-state index < -0.39 is 0 Å². The summed E-state index contributed by atoms with van der Waals surface area (Å²) in [6.45, 7) is 10.7. The van der Waals surface area contributed by atoms with Crippen molar-refractivity contribution in [1.29, 1.82) is 0 Å². The summed E-state index contributed by atoms with van der Waals surface area (Å²) >= 11 is 5.44. The molecule has 1 atom stereocenters. The van der Waals surface area contributed by atoms with Gasteiger partial charge in [-0.3, -0.25) is 0 Å². The van der Waals surface area contributed by atoms with E-state index in [9.17, 15) is 0 Å². The van der Waals surface area contributed by atoms with Crippen LogP contribution in [0.3, 0.4) is 0 Å². The summed E-state index contributed by atoms with van der Waals surface area (Å²) in [6, 6.07) is 15.3. The topological polar surface area (TPSA) is 24.1 Å². The quantitative estimate of drug-likeness (QED) is 0.728. The molecule has 1 unspecified atom stereocenters. The Labute approximate surface area is 145 Å². The van der Waals surface area contributed by atoms with E-state index in [-0.39, 0.29) is 6.04 Å².